The van der Waals surface area contributed by atoms with E-state index in [1.165, 1.54) is 0 Å². The van der Waals surface area contributed by atoms with E-state index >= 15 is 0 Å². The Morgan fingerprint density at radius 3 is 2.35 bits per heavy atom. The second-order valence-electron chi connectivity index (χ2n) is 4.08. The van der Waals surface area contributed by atoms with Crippen LogP contribution in [0.5, 0.6) is 11.5 Å². The second kappa shape index (κ2) is 6.86. The maximum atomic E-state index is 10.3. The minimum Gasteiger partial charge on any atom is -0.490 e. The predicted molar refractivity (Wildman–Crippen MR) is 74.9 cm³/mol. The average Bonchev–Trinajstić information content (AvgIpc) is 2.50. The molecule has 5 heteroatoms. The highest BCUT2D eigenvalue weighted by atomic mass is 16.5. The summed E-state index contributed by atoms with van der Waals surface area (Å²) < 4.78 is 11.0. The molecule has 0 saturated heterocycles. The predicted octanol–water partition coefficient (Wildman–Crippen LogP) is 2.36. The fourth-order valence-corrected chi connectivity index (χ4v) is 1.84. The Bertz CT molecular complexity index is 546. The van der Waals surface area contributed by atoms with Crippen molar-refractivity contribution in [2.24, 2.45) is 0 Å². The van der Waals surface area contributed by atoms with Gasteiger partial charge in [-0.25, -0.2) is 9.97 Å². The van der Waals surface area contributed by atoms with E-state index in [2.05, 4.69) is 9.97 Å². The van der Waals surface area contributed by atoms with Crippen LogP contribution in [-0.4, -0.2) is 28.3 Å². The van der Waals surface area contributed by atoms with Crippen molar-refractivity contribution in [3.63, 3.8) is 0 Å². The summed E-state index contributed by atoms with van der Waals surface area (Å²) in [5, 5.41) is 10.3. The van der Waals surface area contributed by atoms with Crippen LogP contribution < -0.4 is 9.47 Å². The van der Waals surface area contributed by atoms with Gasteiger partial charge in [0.05, 0.1) is 13.2 Å². The smallest absolute Gasteiger partial charge is 0.161 e. The summed E-state index contributed by atoms with van der Waals surface area (Å²) in [6.07, 6.45) is 2.32. The molecule has 2 rings (SSSR count). The van der Waals surface area contributed by atoms with Crippen LogP contribution in [0.1, 0.15) is 31.3 Å². The van der Waals surface area contributed by atoms with Gasteiger partial charge in [0.1, 0.15) is 6.10 Å². The topological polar surface area (TPSA) is 64.5 Å². The van der Waals surface area contributed by atoms with Gasteiger partial charge >= 0.3 is 0 Å². The van der Waals surface area contributed by atoms with Crippen LogP contribution in [0, 0.1) is 0 Å². The van der Waals surface area contributed by atoms with Crippen LogP contribution in [-0.2, 0) is 0 Å². The third-order valence-corrected chi connectivity index (χ3v) is 2.71. The molecule has 1 aromatic heterocycles. The fourth-order valence-electron chi connectivity index (χ4n) is 1.84. The summed E-state index contributed by atoms with van der Waals surface area (Å²) in [5.41, 5.74) is 0.670. The zero-order valence-electron chi connectivity index (χ0n) is 11.6. The van der Waals surface area contributed by atoms with Crippen molar-refractivity contribution in [1.82, 2.24) is 9.97 Å². The van der Waals surface area contributed by atoms with E-state index in [-0.39, 0.29) is 0 Å². The SMILES string of the molecule is CCOc1ccc(C(O)c2ncccn2)cc1OCC. The highest BCUT2D eigenvalue weighted by Crippen LogP contribution is 2.31. The number of ether oxygens (including phenoxy) is 2. The normalized spacial score (nSPS) is 11.9. The first-order chi connectivity index (χ1) is 9.76. The minimum absolute atomic E-state index is 0.360. The van der Waals surface area contributed by atoms with E-state index in [1.807, 2.05) is 13.8 Å². The molecule has 0 amide bonds. The number of aliphatic hydroxyl groups excluding tert-OH is 1. The molecule has 0 aliphatic carbocycles. The quantitative estimate of drug-likeness (QED) is 0.876. The second-order valence-corrected chi connectivity index (χ2v) is 4.08. The Morgan fingerprint density at radius 2 is 1.70 bits per heavy atom. The first kappa shape index (κ1) is 14.3. The molecule has 1 heterocycles. The van der Waals surface area contributed by atoms with Gasteiger partial charge in [-0.2, -0.15) is 0 Å². The van der Waals surface area contributed by atoms with Crippen LogP contribution in [0.4, 0.5) is 0 Å². The van der Waals surface area contributed by atoms with Crippen molar-refractivity contribution in [3.8, 4) is 11.5 Å². The highest BCUT2D eigenvalue weighted by molar-refractivity contribution is 5.44. The average molecular weight is 274 g/mol. The molecule has 1 atom stereocenters. The summed E-state index contributed by atoms with van der Waals surface area (Å²) >= 11 is 0. The van der Waals surface area contributed by atoms with Gasteiger partial charge in [-0.1, -0.05) is 6.07 Å². The number of aliphatic hydroxyl groups is 1. The molecule has 0 fully saturated rings. The van der Waals surface area contributed by atoms with Gasteiger partial charge in [0.25, 0.3) is 0 Å². The lowest BCUT2D eigenvalue weighted by Crippen LogP contribution is -2.06. The molecule has 1 unspecified atom stereocenters. The summed E-state index contributed by atoms with van der Waals surface area (Å²) in [5.74, 6) is 1.64. The van der Waals surface area contributed by atoms with Crippen molar-refractivity contribution in [2.75, 3.05) is 13.2 Å². The van der Waals surface area contributed by atoms with Crippen LogP contribution in [0.25, 0.3) is 0 Å². The monoisotopic (exact) mass is 274 g/mol. The standard InChI is InChI=1S/C15H18N2O3/c1-3-19-12-7-6-11(10-13(12)20-4-2)14(18)15-16-8-5-9-17-15/h5-10,14,18H,3-4H2,1-2H3. The molecule has 0 spiro atoms. The zero-order chi connectivity index (χ0) is 14.4. The molecule has 20 heavy (non-hydrogen) atoms. The van der Waals surface area contributed by atoms with Crippen molar-refractivity contribution >= 4 is 0 Å². The van der Waals surface area contributed by atoms with E-state index in [0.717, 1.165) is 0 Å². The highest BCUT2D eigenvalue weighted by Gasteiger charge is 2.16. The largest absolute Gasteiger partial charge is 0.490 e. The van der Waals surface area contributed by atoms with Crippen LogP contribution >= 0.6 is 0 Å². The van der Waals surface area contributed by atoms with Crippen LogP contribution in [0.15, 0.2) is 36.7 Å². The third-order valence-electron chi connectivity index (χ3n) is 2.71. The lowest BCUT2D eigenvalue weighted by atomic mass is 10.1. The molecule has 0 aliphatic heterocycles. The number of hydrogen-bond donors (Lipinski definition) is 1. The van der Waals surface area contributed by atoms with Crippen molar-refractivity contribution < 1.29 is 14.6 Å². The number of nitrogens with zero attached hydrogens (tertiary/aromatic N) is 2. The Morgan fingerprint density at radius 1 is 1.05 bits per heavy atom. The number of rotatable bonds is 6. The molecule has 0 bridgehead atoms. The fraction of sp³-hybridized carbons (Fsp3) is 0.333. The van der Waals surface area contributed by atoms with Crippen LogP contribution in [0.3, 0.4) is 0 Å². The maximum Gasteiger partial charge on any atom is 0.161 e. The molecular formula is C15H18N2O3. The van der Waals surface area contributed by atoms with E-state index < -0.39 is 6.10 Å². The maximum absolute atomic E-state index is 10.3. The van der Waals surface area contributed by atoms with E-state index in [0.29, 0.717) is 36.1 Å². The van der Waals surface area contributed by atoms with Gasteiger partial charge in [0.15, 0.2) is 17.3 Å². The molecule has 0 radical (unpaired) electrons. The molecule has 0 aliphatic rings. The van der Waals surface area contributed by atoms with Crippen molar-refractivity contribution in [1.29, 1.82) is 0 Å². The van der Waals surface area contributed by atoms with Gasteiger partial charge < -0.3 is 14.6 Å². The molecule has 1 N–H and O–H groups in total. The first-order valence-electron chi connectivity index (χ1n) is 6.60. The lowest BCUT2D eigenvalue weighted by molar-refractivity contribution is 0.208. The molecular weight excluding hydrogens is 256 g/mol. The minimum atomic E-state index is -0.883. The summed E-state index contributed by atoms with van der Waals surface area (Å²) in [4.78, 5) is 8.11. The zero-order valence-corrected chi connectivity index (χ0v) is 11.6. The van der Waals surface area contributed by atoms with Crippen LogP contribution in [0.2, 0.25) is 0 Å². The Kier molecular flexibility index (Phi) is 4.90. The molecule has 1 aromatic carbocycles. The molecule has 5 nitrogen and oxygen atoms in total. The van der Waals surface area contributed by atoms with Gasteiger partial charge in [-0.15, -0.1) is 0 Å². The summed E-state index contributed by atoms with van der Waals surface area (Å²) in [7, 11) is 0. The molecule has 0 saturated carbocycles. The number of benzene rings is 1. The number of aromatic nitrogens is 2. The molecule has 106 valence electrons. The summed E-state index contributed by atoms with van der Waals surface area (Å²) in [6, 6.07) is 7.04. The Balaban J connectivity index is 2.30. The van der Waals surface area contributed by atoms with Gasteiger partial charge in [0, 0.05) is 12.4 Å². The first-order valence-corrected chi connectivity index (χ1v) is 6.60. The molecule has 2 aromatic rings. The van der Waals surface area contributed by atoms with E-state index in [4.69, 9.17) is 9.47 Å². The number of hydrogen-bond acceptors (Lipinski definition) is 5. The van der Waals surface area contributed by atoms with Crippen molar-refractivity contribution in [3.05, 3.63) is 48.0 Å². The third kappa shape index (κ3) is 3.24. The van der Waals surface area contributed by atoms with Gasteiger partial charge in [-0.3, -0.25) is 0 Å². The Labute approximate surface area is 118 Å². The summed E-state index contributed by atoms with van der Waals surface area (Å²) in [6.45, 7) is 4.90. The Hall–Kier alpha value is -2.14. The lowest BCUT2D eigenvalue weighted by Gasteiger charge is -2.14. The van der Waals surface area contributed by atoms with E-state index in [9.17, 15) is 5.11 Å². The van der Waals surface area contributed by atoms with Gasteiger partial charge in [-0.05, 0) is 37.6 Å². The van der Waals surface area contributed by atoms with E-state index in [1.54, 1.807) is 36.7 Å². The van der Waals surface area contributed by atoms with Crippen molar-refractivity contribution in [2.45, 2.75) is 20.0 Å². The van der Waals surface area contributed by atoms with Gasteiger partial charge in [0.2, 0.25) is 0 Å².